The van der Waals surface area contributed by atoms with Crippen LogP contribution in [-0.4, -0.2) is 35.4 Å². The topological polar surface area (TPSA) is 56.1 Å². The van der Waals surface area contributed by atoms with Crippen molar-refractivity contribution in [3.05, 3.63) is 47.2 Å². The molecule has 1 heterocycles. The van der Waals surface area contributed by atoms with Crippen molar-refractivity contribution in [1.82, 2.24) is 15.1 Å². The van der Waals surface area contributed by atoms with Gasteiger partial charge in [-0.2, -0.15) is 5.10 Å². The van der Waals surface area contributed by atoms with E-state index in [2.05, 4.69) is 31.2 Å². The van der Waals surface area contributed by atoms with E-state index in [1.165, 1.54) is 0 Å². The van der Waals surface area contributed by atoms with Gasteiger partial charge in [-0.1, -0.05) is 32.4 Å². The smallest absolute Gasteiger partial charge is 0.271 e. The van der Waals surface area contributed by atoms with E-state index in [1.807, 2.05) is 12.1 Å². The molecular formula is C17H22ClN3O2. The summed E-state index contributed by atoms with van der Waals surface area (Å²) < 4.78 is 7.08. The minimum Gasteiger partial charge on any atom is -0.379 e. The van der Waals surface area contributed by atoms with Crippen molar-refractivity contribution in [3.8, 4) is 5.69 Å². The summed E-state index contributed by atoms with van der Waals surface area (Å²) in [4.78, 5) is 12.2. The highest BCUT2D eigenvalue weighted by molar-refractivity contribution is 6.30. The van der Waals surface area contributed by atoms with Crippen LogP contribution in [0, 0.1) is 5.41 Å². The lowest BCUT2D eigenvalue weighted by atomic mass is 9.89. The molecule has 1 atom stereocenters. The van der Waals surface area contributed by atoms with Crippen LogP contribution in [0.1, 0.15) is 31.3 Å². The quantitative estimate of drug-likeness (QED) is 0.912. The molecule has 2 rings (SSSR count). The van der Waals surface area contributed by atoms with E-state index in [0.29, 0.717) is 17.3 Å². The van der Waals surface area contributed by atoms with Crippen LogP contribution in [-0.2, 0) is 4.74 Å². The van der Waals surface area contributed by atoms with Gasteiger partial charge in [-0.25, -0.2) is 4.68 Å². The maximum Gasteiger partial charge on any atom is 0.271 e. The van der Waals surface area contributed by atoms with Crippen LogP contribution >= 0.6 is 11.6 Å². The number of nitrogens with one attached hydrogen (secondary N) is 1. The Kier molecular flexibility index (Phi) is 5.44. The molecule has 1 unspecified atom stereocenters. The first-order valence-electron chi connectivity index (χ1n) is 7.44. The Morgan fingerprint density at radius 2 is 1.96 bits per heavy atom. The number of hydrogen-bond acceptors (Lipinski definition) is 3. The van der Waals surface area contributed by atoms with Crippen LogP contribution in [0.5, 0.6) is 0 Å². The van der Waals surface area contributed by atoms with E-state index in [1.54, 1.807) is 36.2 Å². The molecule has 0 bridgehead atoms. The van der Waals surface area contributed by atoms with Gasteiger partial charge in [0.2, 0.25) is 0 Å². The lowest BCUT2D eigenvalue weighted by Gasteiger charge is -2.29. The average Bonchev–Trinajstić information content (AvgIpc) is 2.97. The van der Waals surface area contributed by atoms with E-state index in [9.17, 15) is 4.79 Å². The van der Waals surface area contributed by atoms with Gasteiger partial charge in [0.1, 0.15) is 0 Å². The fraction of sp³-hybridized carbons (Fsp3) is 0.412. The van der Waals surface area contributed by atoms with Crippen LogP contribution < -0.4 is 5.32 Å². The van der Waals surface area contributed by atoms with E-state index < -0.39 is 0 Å². The van der Waals surface area contributed by atoms with Gasteiger partial charge in [-0.05, 0) is 35.7 Å². The fourth-order valence-corrected chi connectivity index (χ4v) is 2.33. The van der Waals surface area contributed by atoms with Crippen molar-refractivity contribution in [2.24, 2.45) is 5.41 Å². The lowest BCUT2D eigenvalue weighted by Crippen LogP contribution is -2.40. The molecule has 1 N–H and O–H groups in total. The molecule has 0 aliphatic heterocycles. The third-order valence-corrected chi connectivity index (χ3v) is 3.86. The first kappa shape index (κ1) is 17.5. The van der Waals surface area contributed by atoms with E-state index in [4.69, 9.17) is 16.3 Å². The molecule has 0 fully saturated rings. The molecule has 6 heteroatoms. The molecule has 0 saturated heterocycles. The fourth-order valence-electron chi connectivity index (χ4n) is 2.20. The summed E-state index contributed by atoms with van der Waals surface area (Å²) in [5.74, 6) is -0.219. The third kappa shape index (κ3) is 4.56. The van der Waals surface area contributed by atoms with Crippen LogP contribution in [0.2, 0.25) is 5.02 Å². The predicted molar refractivity (Wildman–Crippen MR) is 91.2 cm³/mol. The largest absolute Gasteiger partial charge is 0.379 e. The zero-order valence-corrected chi connectivity index (χ0v) is 14.6. The molecule has 2 aromatic rings. The van der Waals surface area contributed by atoms with E-state index in [0.717, 1.165) is 5.69 Å². The second-order valence-corrected chi connectivity index (χ2v) is 6.86. The number of nitrogens with zero attached hydrogens (tertiary/aromatic N) is 2. The number of hydrogen-bond donors (Lipinski definition) is 1. The normalized spacial score (nSPS) is 12.9. The van der Waals surface area contributed by atoms with E-state index >= 15 is 0 Å². The van der Waals surface area contributed by atoms with Gasteiger partial charge in [0, 0.05) is 24.9 Å². The molecular weight excluding hydrogens is 314 g/mol. The summed E-state index contributed by atoms with van der Waals surface area (Å²) in [6, 6.07) is 8.94. The Morgan fingerprint density at radius 3 is 2.52 bits per heavy atom. The van der Waals surface area contributed by atoms with Gasteiger partial charge in [-0.3, -0.25) is 4.79 Å². The highest BCUT2D eigenvalue weighted by atomic mass is 35.5. The number of halogens is 1. The average molecular weight is 336 g/mol. The van der Waals surface area contributed by atoms with Crippen LogP contribution in [0.15, 0.2) is 36.5 Å². The SMILES string of the molecule is COC(CNC(=O)c1ccn(-c2ccc(Cl)cc2)n1)C(C)(C)C. The van der Waals surface area contributed by atoms with Crippen LogP contribution in [0.3, 0.4) is 0 Å². The minimum absolute atomic E-state index is 0.0509. The number of carbonyl (C=O) groups is 1. The zero-order valence-electron chi connectivity index (χ0n) is 13.8. The molecule has 1 aromatic carbocycles. The second-order valence-electron chi connectivity index (χ2n) is 6.42. The summed E-state index contributed by atoms with van der Waals surface area (Å²) >= 11 is 5.87. The molecule has 1 aromatic heterocycles. The van der Waals surface area contributed by atoms with Crippen molar-refractivity contribution >= 4 is 17.5 Å². The van der Waals surface area contributed by atoms with Gasteiger partial charge < -0.3 is 10.1 Å². The van der Waals surface area contributed by atoms with Gasteiger partial charge in [0.05, 0.1) is 11.8 Å². The maximum absolute atomic E-state index is 12.2. The molecule has 5 nitrogen and oxygen atoms in total. The number of methoxy groups -OCH3 is 1. The molecule has 124 valence electrons. The van der Waals surface area contributed by atoms with Gasteiger partial charge >= 0.3 is 0 Å². The monoisotopic (exact) mass is 335 g/mol. The standard InChI is InChI=1S/C17H22ClN3O2/c1-17(2,3)15(23-4)11-19-16(22)14-9-10-21(20-14)13-7-5-12(18)6-8-13/h5-10,15H,11H2,1-4H3,(H,19,22). The third-order valence-electron chi connectivity index (χ3n) is 3.61. The van der Waals surface area contributed by atoms with Crippen molar-refractivity contribution < 1.29 is 9.53 Å². The Bertz CT molecular complexity index is 659. The first-order chi connectivity index (χ1) is 10.8. The molecule has 1 amide bonds. The number of ether oxygens (including phenoxy) is 1. The number of benzene rings is 1. The Hall–Kier alpha value is -1.85. The number of amides is 1. The summed E-state index contributed by atoms with van der Waals surface area (Å²) in [6.45, 7) is 6.65. The number of aromatic nitrogens is 2. The summed E-state index contributed by atoms with van der Waals surface area (Å²) in [5, 5.41) is 7.83. The minimum atomic E-state index is -0.219. The summed E-state index contributed by atoms with van der Waals surface area (Å²) in [5.41, 5.74) is 1.16. The predicted octanol–water partition coefficient (Wildman–Crippen LogP) is 3.32. The van der Waals surface area contributed by atoms with Gasteiger partial charge in [0.25, 0.3) is 5.91 Å². The van der Waals surface area contributed by atoms with E-state index in [-0.39, 0.29) is 17.4 Å². The summed E-state index contributed by atoms with van der Waals surface area (Å²) in [6.07, 6.45) is 1.68. The Labute approximate surface area is 141 Å². The Balaban J connectivity index is 2.02. The molecule has 0 spiro atoms. The van der Waals surface area contributed by atoms with Gasteiger partial charge in [0.15, 0.2) is 5.69 Å². The molecule has 0 aliphatic carbocycles. The van der Waals surface area contributed by atoms with Crippen LogP contribution in [0.4, 0.5) is 0 Å². The molecule has 0 radical (unpaired) electrons. The summed E-state index contributed by atoms with van der Waals surface area (Å²) in [7, 11) is 1.65. The Morgan fingerprint density at radius 1 is 1.30 bits per heavy atom. The van der Waals surface area contributed by atoms with Gasteiger partial charge in [-0.15, -0.1) is 0 Å². The highest BCUT2D eigenvalue weighted by Gasteiger charge is 2.25. The maximum atomic E-state index is 12.2. The molecule has 0 aliphatic rings. The molecule has 0 saturated carbocycles. The molecule has 23 heavy (non-hydrogen) atoms. The second kappa shape index (κ2) is 7.15. The van der Waals surface area contributed by atoms with Crippen molar-refractivity contribution in [2.45, 2.75) is 26.9 Å². The number of rotatable bonds is 5. The highest BCUT2D eigenvalue weighted by Crippen LogP contribution is 2.21. The first-order valence-corrected chi connectivity index (χ1v) is 7.81. The number of carbonyl (C=O) groups excluding carboxylic acids is 1. The van der Waals surface area contributed by atoms with Crippen molar-refractivity contribution in [2.75, 3.05) is 13.7 Å². The zero-order chi connectivity index (χ0) is 17.0. The van der Waals surface area contributed by atoms with Crippen molar-refractivity contribution in [1.29, 1.82) is 0 Å². The lowest BCUT2D eigenvalue weighted by molar-refractivity contribution is 0.0175. The van der Waals surface area contributed by atoms with Crippen molar-refractivity contribution in [3.63, 3.8) is 0 Å². The van der Waals surface area contributed by atoms with Crippen LogP contribution in [0.25, 0.3) is 5.69 Å².